The van der Waals surface area contributed by atoms with E-state index in [0.29, 0.717) is 108 Å². The zero-order valence-corrected chi connectivity index (χ0v) is 19.3. The molecule has 0 saturated carbocycles. The largest absolute Gasteiger partial charge is 0.487 e. The third kappa shape index (κ3) is 9.56. The van der Waals surface area contributed by atoms with Gasteiger partial charge in [-0.2, -0.15) is 0 Å². The molecular weight excluding hydrogens is 444 g/mol. The monoisotopic (exact) mass is 476 g/mol. The quantitative estimate of drug-likeness (QED) is 0.576. The summed E-state index contributed by atoms with van der Waals surface area (Å²) in [7, 11) is 0. The molecule has 0 N–H and O–H groups in total. The van der Waals surface area contributed by atoms with E-state index in [1.54, 1.807) is 18.2 Å². The van der Waals surface area contributed by atoms with E-state index >= 15 is 0 Å². The molecule has 2 aromatic carbocycles. The number of ether oxygens (including phenoxy) is 8. The fraction of sp³-hybridized carbons (Fsp3) is 0.480. The zero-order chi connectivity index (χ0) is 23.7. The van der Waals surface area contributed by atoms with Crippen molar-refractivity contribution in [1.29, 1.82) is 0 Å². The Morgan fingerprint density at radius 3 is 1.29 bits per heavy atom. The summed E-state index contributed by atoms with van der Waals surface area (Å²) in [6, 6.07) is 12.5. The van der Waals surface area contributed by atoms with Gasteiger partial charge >= 0.3 is 0 Å². The van der Waals surface area contributed by atoms with Crippen LogP contribution in [0.15, 0.2) is 42.5 Å². The van der Waals surface area contributed by atoms with E-state index in [9.17, 15) is 4.79 Å². The average molecular weight is 477 g/mol. The lowest BCUT2D eigenvalue weighted by Gasteiger charge is -2.14. The molecule has 1 aliphatic rings. The number of para-hydroxylation sites is 2. The Hall–Kier alpha value is -2.85. The fourth-order valence-corrected chi connectivity index (χ4v) is 3.00. The van der Waals surface area contributed by atoms with Crippen LogP contribution in [0.2, 0.25) is 0 Å². The third-order valence-corrected chi connectivity index (χ3v) is 4.64. The number of carbonyl (C=O) groups excluding carboxylic acids is 1. The first-order chi connectivity index (χ1) is 16.9. The predicted molar refractivity (Wildman–Crippen MR) is 124 cm³/mol. The Bertz CT molecular complexity index is 843. The van der Waals surface area contributed by atoms with Crippen molar-refractivity contribution in [2.45, 2.75) is 0 Å². The third-order valence-electron chi connectivity index (χ3n) is 4.64. The highest BCUT2D eigenvalue weighted by atomic mass is 16.6. The highest BCUT2D eigenvalue weighted by molar-refractivity contribution is 5.76. The first-order valence-corrected chi connectivity index (χ1v) is 11.4. The Morgan fingerprint density at radius 2 is 0.853 bits per heavy atom. The van der Waals surface area contributed by atoms with E-state index < -0.39 is 0 Å². The van der Waals surface area contributed by atoms with Crippen LogP contribution in [0.3, 0.4) is 0 Å². The summed E-state index contributed by atoms with van der Waals surface area (Å²) in [6.45, 7) is 4.82. The second kappa shape index (κ2) is 15.9. The smallest absolute Gasteiger partial charge is 0.162 e. The molecule has 34 heavy (non-hydrogen) atoms. The van der Waals surface area contributed by atoms with Crippen LogP contribution in [0.4, 0.5) is 0 Å². The van der Waals surface area contributed by atoms with Crippen LogP contribution in [-0.4, -0.2) is 85.6 Å². The lowest BCUT2D eigenvalue weighted by atomic mass is 10.2. The molecule has 3 rings (SSSR count). The molecule has 0 unspecified atom stereocenters. The SMILES string of the molecule is O=Cc1ccc2c(c1)OCCOCCOCCOc1ccccc1OCCOCCOCCO2. The molecule has 0 spiro atoms. The maximum Gasteiger partial charge on any atom is 0.162 e. The van der Waals surface area contributed by atoms with Gasteiger partial charge in [0, 0.05) is 5.56 Å². The minimum atomic E-state index is 0.312. The summed E-state index contributed by atoms with van der Waals surface area (Å²) >= 11 is 0. The Labute approximate surface area is 199 Å². The molecule has 1 aliphatic heterocycles. The number of rotatable bonds is 1. The van der Waals surface area contributed by atoms with Gasteiger partial charge in [-0.3, -0.25) is 4.79 Å². The number of aldehydes is 1. The number of benzene rings is 2. The van der Waals surface area contributed by atoms with E-state index in [4.69, 9.17) is 37.9 Å². The van der Waals surface area contributed by atoms with Crippen LogP contribution in [0.25, 0.3) is 0 Å². The zero-order valence-electron chi connectivity index (χ0n) is 19.3. The van der Waals surface area contributed by atoms with Crippen molar-refractivity contribution in [3.8, 4) is 23.0 Å². The maximum atomic E-state index is 11.1. The molecule has 0 aliphatic carbocycles. The first-order valence-electron chi connectivity index (χ1n) is 11.4. The van der Waals surface area contributed by atoms with Gasteiger partial charge in [-0.05, 0) is 30.3 Å². The van der Waals surface area contributed by atoms with Gasteiger partial charge in [0.05, 0.1) is 52.9 Å². The molecule has 0 amide bonds. The molecule has 2 aromatic rings. The van der Waals surface area contributed by atoms with Gasteiger partial charge in [-0.15, -0.1) is 0 Å². The van der Waals surface area contributed by atoms with Gasteiger partial charge in [-0.1, -0.05) is 12.1 Å². The van der Waals surface area contributed by atoms with E-state index in [1.807, 2.05) is 24.3 Å². The van der Waals surface area contributed by atoms with Gasteiger partial charge < -0.3 is 37.9 Å². The van der Waals surface area contributed by atoms with Crippen LogP contribution in [0.1, 0.15) is 10.4 Å². The molecule has 0 fully saturated rings. The molecule has 186 valence electrons. The summed E-state index contributed by atoms with van der Waals surface area (Å²) in [5.41, 5.74) is 0.507. The van der Waals surface area contributed by atoms with Crippen LogP contribution >= 0.6 is 0 Å². The molecule has 9 heteroatoms. The second-order valence-electron chi connectivity index (χ2n) is 7.11. The topological polar surface area (TPSA) is 90.9 Å². The van der Waals surface area contributed by atoms with Gasteiger partial charge in [-0.25, -0.2) is 0 Å². The highest BCUT2D eigenvalue weighted by Gasteiger charge is 2.08. The van der Waals surface area contributed by atoms with Crippen LogP contribution in [-0.2, 0) is 18.9 Å². The van der Waals surface area contributed by atoms with Crippen molar-refractivity contribution < 1.29 is 42.7 Å². The number of carbonyl (C=O) groups is 1. The molecule has 0 bridgehead atoms. The molecule has 0 atom stereocenters. The lowest BCUT2D eigenvalue weighted by Crippen LogP contribution is -2.15. The Morgan fingerprint density at radius 1 is 0.471 bits per heavy atom. The summed E-state index contributed by atoms with van der Waals surface area (Å²) in [6.07, 6.45) is 0.764. The summed E-state index contributed by atoms with van der Waals surface area (Å²) in [5.74, 6) is 2.36. The van der Waals surface area contributed by atoms with Crippen molar-refractivity contribution in [2.24, 2.45) is 0 Å². The highest BCUT2D eigenvalue weighted by Crippen LogP contribution is 2.28. The molecule has 0 saturated heterocycles. The normalized spacial score (nSPS) is 17.8. The maximum absolute atomic E-state index is 11.1. The first kappa shape index (κ1) is 25.8. The Kier molecular flexibility index (Phi) is 12.0. The average Bonchev–Trinajstić information content (AvgIpc) is 2.87. The van der Waals surface area contributed by atoms with Crippen molar-refractivity contribution in [3.05, 3.63) is 48.0 Å². The lowest BCUT2D eigenvalue weighted by molar-refractivity contribution is 0.0223. The molecule has 0 aromatic heterocycles. The molecule has 9 nitrogen and oxygen atoms in total. The fourth-order valence-electron chi connectivity index (χ4n) is 3.00. The molecule has 1 heterocycles. The van der Waals surface area contributed by atoms with Crippen molar-refractivity contribution in [2.75, 3.05) is 79.3 Å². The minimum Gasteiger partial charge on any atom is -0.487 e. The van der Waals surface area contributed by atoms with Gasteiger partial charge in [0.1, 0.15) is 32.7 Å². The van der Waals surface area contributed by atoms with Crippen LogP contribution in [0.5, 0.6) is 23.0 Å². The second-order valence-corrected chi connectivity index (χ2v) is 7.11. The van der Waals surface area contributed by atoms with Crippen molar-refractivity contribution in [3.63, 3.8) is 0 Å². The summed E-state index contributed by atoms with van der Waals surface area (Å²) in [4.78, 5) is 11.1. The van der Waals surface area contributed by atoms with Gasteiger partial charge in [0.15, 0.2) is 23.0 Å². The van der Waals surface area contributed by atoms with Crippen molar-refractivity contribution >= 4 is 6.29 Å². The summed E-state index contributed by atoms with van der Waals surface area (Å²) in [5, 5.41) is 0. The molecule has 0 radical (unpaired) electrons. The van der Waals surface area contributed by atoms with E-state index in [-0.39, 0.29) is 0 Å². The van der Waals surface area contributed by atoms with E-state index in [2.05, 4.69) is 0 Å². The predicted octanol–water partition coefficient (Wildman–Crippen LogP) is 2.79. The van der Waals surface area contributed by atoms with Gasteiger partial charge in [0.25, 0.3) is 0 Å². The van der Waals surface area contributed by atoms with Crippen molar-refractivity contribution in [1.82, 2.24) is 0 Å². The van der Waals surface area contributed by atoms with Crippen LogP contribution < -0.4 is 18.9 Å². The number of fused-ring (bicyclic) bond motifs is 2. The Balaban J connectivity index is 1.48. The van der Waals surface area contributed by atoms with Gasteiger partial charge in [0.2, 0.25) is 0 Å². The standard InChI is InChI=1S/C25H32O9/c26-20-21-5-6-24-25(19-21)34-18-14-30-10-9-28-12-16-32-23-4-2-1-3-22(23)31-15-11-27-7-8-29-13-17-33-24/h1-6,19-20H,7-18H2. The number of hydrogen-bond donors (Lipinski definition) is 0. The summed E-state index contributed by atoms with van der Waals surface area (Å²) < 4.78 is 45.3. The van der Waals surface area contributed by atoms with Crippen LogP contribution in [0, 0.1) is 0 Å². The number of hydrogen-bond acceptors (Lipinski definition) is 9. The van der Waals surface area contributed by atoms with E-state index in [1.165, 1.54) is 0 Å². The minimum absolute atomic E-state index is 0.312. The molecular formula is C25H32O9. The van der Waals surface area contributed by atoms with E-state index in [0.717, 1.165) is 6.29 Å².